The fraction of sp³-hybridized carbons (Fsp3) is 0.240. The lowest BCUT2D eigenvalue weighted by atomic mass is 9.88. The molecule has 0 saturated heterocycles. The van der Waals surface area contributed by atoms with E-state index in [1.54, 1.807) is 43.3 Å². The molecule has 7 heteroatoms. The lowest BCUT2D eigenvalue weighted by Crippen LogP contribution is -2.42. The second kappa shape index (κ2) is 9.35. The highest BCUT2D eigenvalue weighted by Gasteiger charge is 2.30. The normalized spacial score (nSPS) is 15.6. The molecule has 0 heterocycles. The van der Waals surface area contributed by atoms with Crippen LogP contribution < -0.4 is 9.62 Å². The van der Waals surface area contributed by atoms with Crippen molar-refractivity contribution in [3.63, 3.8) is 0 Å². The van der Waals surface area contributed by atoms with Crippen LogP contribution >= 0.6 is 11.6 Å². The third-order valence-corrected chi connectivity index (χ3v) is 8.01. The molecule has 0 unspecified atom stereocenters. The fourth-order valence-electron chi connectivity index (χ4n) is 4.16. The topological polar surface area (TPSA) is 66.5 Å². The van der Waals surface area contributed by atoms with Gasteiger partial charge in [0, 0.05) is 5.02 Å². The molecule has 1 aliphatic rings. The Hall–Kier alpha value is -2.83. The van der Waals surface area contributed by atoms with E-state index in [0.29, 0.717) is 16.3 Å². The number of nitrogens with zero attached hydrogens (tertiary/aromatic N) is 1. The number of aryl methyl sites for hydroxylation is 1. The van der Waals surface area contributed by atoms with Crippen LogP contribution in [-0.4, -0.2) is 20.9 Å². The molecule has 0 radical (unpaired) electrons. The summed E-state index contributed by atoms with van der Waals surface area (Å²) in [4.78, 5) is 13.2. The lowest BCUT2D eigenvalue weighted by molar-refractivity contribution is -0.120. The van der Waals surface area contributed by atoms with Crippen molar-refractivity contribution in [1.82, 2.24) is 5.32 Å². The van der Waals surface area contributed by atoms with Gasteiger partial charge in [0.05, 0.1) is 16.6 Å². The lowest BCUT2D eigenvalue weighted by Gasteiger charge is -2.29. The van der Waals surface area contributed by atoms with Gasteiger partial charge in [-0.25, -0.2) is 8.42 Å². The molecular formula is C25H25ClN2O3S. The maximum absolute atomic E-state index is 13.5. The zero-order valence-corrected chi connectivity index (χ0v) is 19.4. The number of halogens is 1. The zero-order valence-electron chi connectivity index (χ0n) is 17.8. The first-order valence-electron chi connectivity index (χ1n) is 10.6. The summed E-state index contributed by atoms with van der Waals surface area (Å²) in [5.41, 5.74) is 3.32. The predicted molar refractivity (Wildman–Crippen MR) is 127 cm³/mol. The van der Waals surface area contributed by atoms with Crippen molar-refractivity contribution in [2.24, 2.45) is 0 Å². The van der Waals surface area contributed by atoms with E-state index in [1.165, 1.54) is 17.7 Å². The van der Waals surface area contributed by atoms with E-state index in [4.69, 9.17) is 11.6 Å². The Morgan fingerprint density at radius 3 is 2.53 bits per heavy atom. The summed E-state index contributed by atoms with van der Waals surface area (Å²) in [6.07, 6.45) is 2.78. The molecular weight excluding hydrogens is 444 g/mol. The number of hydrogen-bond donors (Lipinski definition) is 1. The molecule has 1 atom stereocenters. The summed E-state index contributed by atoms with van der Waals surface area (Å²) in [7, 11) is -3.98. The first-order valence-corrected chi connectivity index (χ1v) is 12.4. The van der Waals surface area contributed by atoms with Crippen molar-refractivity contribution in [3.05, 3.63) is 94.5 Å². The van der Waals surface area contributed by atoms with E-state index in [-0.39, 0.29) is 23.4 Å². The number of amides is 1. The van der Waals surface area contributed by atoms with E-state index < -0.39 is 10.0 Å². The highest BCUT2D eigenvalue weighted by molar-refractivity contribution is 7.92. The third-order valence-electron chi connectivity index (χ3n) is 5.83. The number of anilines is 1. The Morgan fingerprint density at radius 2 is 1.75 bits per heavy atom. The van der Waals surface area contributed by atoms with Gasteiger partial charge in [-0.3, -0.25) is 9.10 Å². The van der Waals surface area contributed by atoms with Crippen molar-refractivity contribution >= 4 is 33.2 Å². The minimum atomic E-state index is -3.98. The van der Waals surface area contributed by atoms with E-state index >= 15 is 0 Å². The van der Waals surface area contributed by atoms with Gasteiger partial charge in [-0.2, -0.15) is 0 Å². The molecule has 0 aromatic heterocycles. The Labute approximate surface area is 194 Å². The molecule has 0 fully saturated rings. The minimum Gasteiger partial charge on any atom is -0.348 e. The van der Waals surface area contributed by atoms with Crippen LogP contribution in [0, 0.1) is 6.92 Å². The average Bonchev–Trinajstić information content (AvgIpc) is 2.80. The zero-order chi connectivity index (χ0) is 22.7. The Balaban J connectivity index is 1.66. The van der Waals surface area contributed by atoms with Crippen LogP contribution in [0.2, 0.25) is 5.02 Å². The molecule has 1 amide bonds. The van der Waals surface area contributed by atoms with Crippen molar-refractivity contribution in [1.29, 1.82) is 0 Å². The number of nitrogens with one attached hydrogen (secondary N) is 1. The smallest absolute Gasteiger partial charge is 0.264 e. The van der Waals surface area contributed by atoms with Crippen LogP contribution in [0.25, 0.3) is 0 Å². The maximum atomic E-state index is 13.5. The Bertz CT molecular complexity index is 1230. The summed E-state index contributed by atoms with van der Waals surface area (Å²) < 4.78 is 28.2. The van der Waals surface area contributed by atoms with Gasteiger partial charge in [0.15, 0.2) is 0 Å². The quantitative estimate of drug-likeness (QED) is 0.551. The van der Waals surface area contributed by atoms with Gasteiger partial charge >= 0.3 is 0 Å². The molecule has 166 valence electrons. The number of sulfonamides is 1. The van der Waals surface area contributed by atoms with E-state index in [0.717, 1.165) is 29.1 Å². The minimum absolute atomic E-state index is 0.121. The van der Waals surface area contributed by atoms with Crippen LogP contribution in [0.1, 0.15) is 35.6 Å². The third kappa shape index (κ3) is 4.52. The fourth-order valence-corrected chi connectivity index (χ4v) is 5.83. The van der Waals surface area contributed by atoms with Crippen LogP contribution in [0.4, 0.5) is 5.69 Å². The first-order chi connectivity index (χ1) is 15.4. The number of rotatable bonds is 6. The molecule has 32 heavy (non-hydrogen) atoms. The number of fused-ring (bicyclic) bond motifs is 1. The molecule has 1 N–H and O–H groups in total. The highest BCUT2D eigenvalue weighted by atomic mass is 35.5. The number of carbonyl (C=O) groups excluding carboxylic acids is 1. The molecule has 0 bridgehead atoms. The average molecular weight is 469 g/mol. The number of carbonyl (C=O) groups is 1. The van der Waals surface area contributed by atoms with Gasteiger partial charge in [0.2, 0.25) is 5.91 Å². The van der Waals surface area contributed by atoms with Crippen LogP contribution in [0.5, 0.6) is 0 Å². The second-order valence-electron chi connectivity index (χ2n) is 7.92. The molecule has 3 aromatic carbocycles. The molecule has 0 spiro atoms. The SMILES string of the molecule is Cc1c(Cl)cccc1N(CC(=O)N[C@H]1CCCc2ccccc21)S(=O)(=O)c1ccccc1. The molecule has 0 aliphatic heterocycles. The summed E-state index contributed by atoms with van der Waals surface area (Å²) >= 11 is 6.28. The monoisotopic (exact) mass is 468 g/mol. The van der Waals surface area contributed by atoms with Gasteiger partial charge in [0.25, 0.3) is 10.0 Å². The van der Waals surface area contributed by atoms with E-state index in [1.807, 2.05) is 18.2 Å². The van der Waals surface area contributed by atoms with Crippen LogP contribution in [0.3, 0.4) is 0 Å². The predicted octanol–water partition coefficient (Wildman–Crippen LogP) is 5.04. The Morgan fingerprint density at radius 1 is 1.03 bits per heavy atom. The molecule has 0 saturated carbocycles. The van der Waals surface area contributed by atoms with Gasteiger partial charge in [-0.15, -0.1) is 0 Å². The van der Waals surface area contributed by atoms with Gasteiger partial charge in [0.1, 0.15) is 6.54 Å². The summed E-state index contributed by atoms with van der Waals surface area (Å²) in [5.74, 6) is -0.356. The van der Waals surface area contributed by atoms with Crippen molar-refractivity contribution < 1.29 is 13.2 Å². The van der Waals surface area contributed by atoms with Crippen LogP contribution in [0.15, 0.2) is 77.7 Å². The first kappa shape index (κ1) is 22.4. The Kier molecular flexibility index (Phi) is 6.53. The van der Waals surface area contributed by atoms with Gasteiger partial charge < -0.3 is 5.32 Å². The molecule has 1 aliphatic carbocycles. The summed E-state index contributed by atoms with van der Waals surface area (Å²) in [6, 6.07) is 21.1. The van der Waals surface area contributed by atoms with Crippen LogP contribution in [-0.2, 0) is 21.2 Å². The number of hydrogen-bond acceptors (Lipinski definition) is 3. The summed E-state index contributed by atoms with van der Waals surface area (Å²) in [6.45, 7) is 1.41. The molecule has 5 nitrogen and oxygen atoms in total. The van der Waals surface area contributed by atoms with Gasteiger partial charge in [-0.05, 0) is 67.1 Å². The maximum Gasteiger partial charge on any atom is 0.264 e. The standard InChI is InChI=1S/C25H25ClN2O3S/c1-18-22(26)14-8-16-24(18)28(32(30,31)20-11-3-2-4-12-20)17-25(29)27-23-15-7-10-19-9-5-6-13-21(19)23/h2-6,8-9,11-14,16,23H,7,10,15,17H2,1H3,(H,27,29)/t23-/m0/s1. The van der Waals surface area contributed by atoms with E-state index in [2.05, 4.69) is 11.4 Å². The van der Waals surface area contributed by atoms with Crippen molar-refractivity contribution in [2.75, 3.05) is 10.8 Å². The van der Waals surface area contributed by atoms with Crippen molar-refractivity contribution in [2.45, 2.75) is 37.1 Å². The molecule has 3 aromatic rings. The largest absolute Gasteiger partial charge is 0.348 e. The van der Waals surface area contributed by atoms with E-state index in [9.17, 15) is 13.2 Å². The number of benzene rings is 3. The summed E-state index contributed by atoms with van der Waals surface area (Å²) in [5, 5.41) is 3.50. The second-order valence-corrected chi connectivity index (χ2v) is 10.2. The molecule has 4 rings (SSSR count). The highest BCUT2D eigenvalue weighted by Crippen LogP contribution is 2.32. The van der Waals surface area contributed by atoms with Gasteiger partial charge in [-0.1, -0.05) is 60.1 Å². The van der Waals surface area contributed by atoms with Crippen molar-refractivity contribution in [3.8, 4) is 0 Å².